The number of hydrogen-bond donors (Lipinski definition) is 0. The van der Waals surface area contributed by atoms with E-state index in [1.807, 2.05) is 31.3 Å². The second-order valence-corrected chi connectivity index (χ2v) is 9.91. The molecule has 2 bridgehead atoms. The smallest absolute Gasteiger partial charge is 0.163 e. The quantitative estimate of drug-likeness (QED) is 0.336. The molecule has 0 saturated carbocycles. The van der Waals surface area contributed by atoms with Crippen LogP contribution >= 0.6 is 11.6 Å². The number of halogens is 3. The van der Waals surface area contributed by atoms with Gasteiger partial charge in [-0.3, -0.25) is 0 Å². The van der Waals surface area contributed by atoms with Crippen molar-refractivity contribution in [3.63, 3.8) is 0 Å². The number of hydrogen-bond acceptors (Lipinski definition) is 4. The van der Waals surface area contributed by atoms with Gasteiger partial charge in [0.25, 0.3) is 0 Å². The van der Waals surface area contributed by atoms with Crippen molar-refractivity contribution in [1.82, 2.24) is 19.6 Å². The lowest BCUT2D eigenvalue weighted by molar-refractivity contribution is 0.334. The van der Waals surface area contributed by atoms with Crippen molar-refractivity contribution in [2.75, 3.05) is 4.90 Å². The Hall–Kier alpha value is -3.06. The Labute approximate surface area is 201 Å². The van der Waals surface area contributed by atoms with Crippen LogP contribution in [0.2, 0.25) is 5.15 Å². The molecule has 5 nitrogen and oxygen atoms in total. The molecule has 174 valence electrons. The van der Waals surface area contributed by atoms with Gasteiger partial charge in [-0.05, 0) is 80.0 Å². The summed E-state index contributed by atoms with van der Waals surface area (Å²) in [6, 6.07) is 10.9. The molecule has 6 rings (SSSR count). The van der Waals surface area contributed by atoms with Crippen molar-refractivity contribution in [1.29, 1.82) is 0 Å². The lowest BCUT2D eigenvalue weighted by Crippen LogP contribution is -2.43. The van der Waals surface area contributed by atoms with E-state index in [0.29, 0.717) is 34.4 Å². The summed E-state index contributed by atoms with van der Waals surface area (Å²) in [4.78, 5) is 11.5. The van der Waals surface area contributed by atoms with Gasteiger partial charge in [0.05, 0.1) is 0 Å². The molecular formula is C26H24ClF2N5. The van der Waals surface area contributed by atoms with Crippen LogP contribution in [0.15, 0.2) is 48.8 Å². The number of pyridine rings is 2. The van der Waals surface area contributed by atoms with Crippen molar-refractivity contribution in [3.05, 3.63) is 77.0 Å². The maximum atomic E-state index is 13.9. The molecule has 5 heterocycles. The predicted molar refractivity (Wildman–Crippen MR) is 128 cm³/mol. The third-order valence-electron chi connectivity index (χ3n) is 7.15. The van der Waals surface area contributed by atoms with Gasteiger partial charge in [0.15, 0.2) is 23.1 Å². The summed E-state index contributed by atoms with van der Waals surface area (Å²) in [6.45, 7) is 1.96. The first-order valence-electron chi connectivity index (χ1n) is 11.7. The zero-order chi connectivity index (χ0) is 23.4. The second-order valence-electron chi connectivity index (χ2n) is 9.53. The van der Waals surface area contributed by atoms with Crippen molar-refractivity contribution in [3.8, 4) is 11.1 Å². The van der Waals surface area contributed by atoms with Crippen LogP contribution in [0.25, 0.3) is 16.8 Å². The number of piperidine rings is 1. The van der Waals surface area contributed by atoms with Gasteiger partial charge in [0.2, 0.25) is 0 Å². The average molecular weight is 480 g/mol. The van der Waals surface area contributed by atoms with E-state index in [2.05, 4.69) is 9.88 Å². The molecular weight excluding hydrogens is 456 g/mol. The molecule has 2 aliphatic rings. The minimum atomic E-state index is -0.866. The van der Waals surface area contributed by atoms with E-state index in [1.54, 1.807) is 16.8 Å². The highest BCUT2D eigenvalue weighted by Crippen LogP contribution is 2.42. The van der Waals surface area contributed by atoms with Crippen LogP contribution in [0, 0.1) is 24.5 Å². The molecule has 3 aromatic heterocycles. The average Bonchev–Trinajstić information content (AvgIpc) is 3.32. The lowest BCUT2D eigenvalue weighted by atomic mass is 9.87. The molecule has 1 aromatic carbocycles. The Morgan fingerprint density at radius 3 is 2.56 bits per heavy atom. The maximum absolute atomic E-state index is 13.9. The molecule has 8 heteroatoms. The summed E-state index contributed by atoms with van der Waals surface area (Å²) in [5, 5.41) is 5.28. The highest BCUT2D eigenvalue weighted by molar-refractivity contribution is 6.29. The molecule has 2 saturated heterocycles. The SMILES string of the molecule is Cc1cc(-c2ccc(F)c(F)c2)c2nc(CC3CC4CCC(C3)N4c3ccnc(Cl)c3)nn2c1. The van der Waals surface area contributed by atoms with Crippen molar-refractivity contribution < 1.29 is 8.78 Å². The molecule has 0 radical (unpaired) electrons. The maximum Gasteiger partial charge on any atom is 0.163 e. The predicted octanol–water partition coefficient (Wildman–Crippen LogP) is 6.02. The highest BCUT2D eigenvalue weighted by atomic mass is 35.5. The van der Waals surface area contributed by atoms with Gasteiger partial charge in [0, 0.05) is 42.1 Å². The minimum Gasteiger partial charge on any atom is -0.365 e. The van der Waals surface area contributed by atoms with Crippen LogP contribution < -0.4 is 4.90 Å². The topological polar surface area (TPSA) is 46.3 Å². The molecule has 0 spiro atoms. The molecule has 2 atom stereocenters. The van der Waals surface area contributed by atoms with E-state index >= 15 is 0 Å². The van der Waals surface area contributed by atoms with Crippen LogP contribution in [0.3, 0.4) is 0 Å². The molecule has 2 fully saturated rings. The zero-order valence-corrected chi connectivity index (χ0v) is 19.5. The van der Waals surface area contributed by atoms with E-state index in [0.717, 1.165) is 48.0 Å². The molecule has 0 N–H and O–H groups in total. The van der Waals surface area contributed by atoms with Gasteiger partial charge in [0.1, 0.15) is 5.15 Å². The zero-order valence-electron chi connectivity index (χ0n) is 18.8. The number of benzene rings is 1. The normalized spacial score (nSPS) is 22.0. The summed E-state index contributed by atoms with van der Waals surface area (Å²) in [7, 11) is 0. The Morgan fingerprint density at radius 1 is 1.03 bits per heavy atom. The van der Waals surface area contributed by atoms with Crippen LogP contribution in [-0.2, 0) is 6.42 Å². The van der Waals surface area contributed by atoms with E-state index in [1.165, 1.54) is 18.9 Å². The Kier molecular flexibility index (Phi) is 5.25. The fraction of sp³-hybridized carbons (Fsp3) is 0.346. The van der Waals surface area contributed by atoms with Crippen molar-refractivity contribution in [2.45, 2.75) is 51.1 Å². The number of aromatic nitrogens is 4. The Bertz CT molecular complexity index is 1370. The van der Waals surface area contributed by atoms with Gasteiger partial charge in [-0.25, -0.2) is 23.3 Å². The van der Waals surface area contributed by atoms with Gasteiger partial charge >= 0.3 is 0 Å². The molecule has 0 aliphatic carbocycles. The molecule has 2 unspecified atom stereocenters. The third-order valence-corrected chi connectivity index (χ3v) is 7.36. The summed E-state index contributed by atoms with van der Waals surface area (Å²) in [6.07, 6.45) is 9.03. The molecule has 2 aliphatic heterocycles. The van der Waals surface area contributed by atoms with Crippen LogP contribution in [0.1, 0.15) is 37.1 Å². The summed E-state index contributed by atoms with van der Waals surface area (Å²) in [5.74, 6) is -0.435. The number of fused-ring (bicyclic) bond motifs is 3. The number of aryl methyl sites for hydroxylation is 1. The minimum absolute atomic E-state index is 0.485. The first kappa shape index (κ1) is 21.5. The Morgan fingerprint density at radius 2 is 1.82 bits per heavy atom. The van der Waals surface area contributed by atoms with E-state index in [9.17, 15) is 8.78 Å². The summed E-state index contributed by atoms with van der Waals surface area (Å²) in [5.41, 5.74) is 4.14. The highest BCUT2D eigenvalue weighted by Gasteiger charge is 2.41. The first-order valence-corrected chi connectivity index (χ1v) is 12.0. The van der Waals surface area contributed by atoms with E-state index in [4.69, 9.17) is 21.7 Å². The van der Waals surface area contributed by atoms with E-state index < -0.39 is 11.6 Å². The van der Waals surface area contributed by atoms with Gasteiger partial charge in [-0.15, -0.1) is 0 Å². The standard InChI is InChI=1S/C26H24ClF2N5/c1-15-8-21(17-2-5-22(28)23(29)12-17)26-31-25(32-33(26)14-15)11-16-9-18-3-4-19(10-16)34(18)20-6-7-30-24(27)13-20/h2,5-8,12-14,16,18-19H,3-4,9-11H2,1H3. The largest absolute Gasteiger partial charge is 0.365 e. The fourth-order valence-corrected chi connectivity index (χ4v) is 5.98. The third kappa shape index (κ3) is 3.82. The monoisotopic (exact) mass is 479 g/mol. The Balaban J connectivity index is 1.26. The fourth-order valence-electron chi connectivity index (χ4n) is 5.82. The first-order chi connectivity index (χ1) is 16.4. The molecule has 34 heavy (non-hydrogen) atoms. The van der Waals surface area contributed by atoms with Gasteiger partial charge in [-0.2, -0.15) is 5.10 Å². The van der Waals surface area contributed by atoms with Crippen LogP contribution in [0.4, 0.5) is 14.5 Å². The van der Waals surface area contributed by atoms with Gasteiger partial charge in [-0.1, -0.05) is 17.7 Å². The van der Waals surface area contributed by atoms with E-state index in [-0.39, 0.29) is 0 Å². The van der Waals surface area contributed by atoms with Crippen molar-refractivity contribution in [2.24, 2.45) is 5.92 Å². The number of nitrogens with zero attached hydrogens (tertiary/aromatic N) is 5. The second kappa shape index (κ2) is 8.31. The number of rotatable bonds is 4. The lowest BCUT2D eigenvalue weighted by Gasteiger charge is -2.40. The van der Waals surface area contributed by atoms with Crippen LogP contribution in [0.5, 0.6) is 0 Å². The summed E-state index contributed by atoms with van der Waals surface area (Å²) < 4.78 is 29.1. The number of anilines is 1. The van der Waals surface area contributed by atoms with Gasteiger partial charge < -0.3 is 4.90 Å². The molecule has 0 amide bonds. The molecule has 4 aromatic rings. The summed E-state index contributed by atoms with van der Waals surface area (Å²) >= 11 is 6.14. The van der Waals surface area contributed by atoms with Crippen molar-refractivity contribution >= 4 is 22.9 Å². The van der Waals surface area contributed by atoms with Crippen LogP contribution in [-0.4, -0.2) is 31.7 Å².